The number of carbonyl (C=O) groups is 2. The van der Waals surface area contributed by atoms with Crippen molar-refractivity contribution in [2.24, 2.45) is 7.05 Å². The van der Waals surface area contributed by atoms with Crippen LogP contribution in [0.2, 0.25) is 0 Å². The third kappa shape index (κ3) is 5.20. The number of alkyl carbamates (subject to hydrolysis) is 1. The van der Waals surface area contributed by atoms with Gasteiger partial charge in [0, 0.05) is 25.7 Å². The normalized spacial score (nSPS) is 11.4. The molecule has 0 saturated carbocycles. The van der Waals surface area contributed by atoms with E-state index in [2.05, 4.69) is 15.6 Å². The molecule has 1 aromatic heterocycles. The molecule has 0 aliphatic heterocycles. The van der Waals surface area contributed by atoms with Crippen molar-refractivity contribution in [3.63, 3.8) is 0 Å². The van der Waals surface area contributed by atoms with Gasteiger partial charge in [-0.2, -0.15) is 0 Å². The van der Waals surface area contributed by atoms with Crippen LogP contribution in [0.15, 0.2) is 18.2 Å². The van der Waals surface area contributed by atoms with Gasteiger partial charge in [-0.15, -0.1) is 0 Å². The number of rotatable bonds is 5. The largest absolute Gasteiger partial charge is 0.444 e. The molecule has 2 N–H and O–H groups in total. The van der Waals surface area contributed by atoms with E-state index in [-0.39, 0.29) is 5.91 Å². The highest BCUT2D eigenvalue weighted by molar-refractivity contribution is 5.97. The van der Waals surface area contributed by atoms with Crippen molar-refractivity contribution in [3.05, 3.63) is 29.6 Å². The summed E-state index contributed by atoms with van der Waals surface area (Å²) < 4.78 is 7.13. The molecule has 2 rings (SSSR count). The number of imidazole rings is 1. The second kappa shape index (κ2) is 7.55. The smallest absolute Gasteiger partial charge is 0.407 e. The van der Waals surface area contributed by atoms with Crippen molar-refractivity contribution >= 4 is 23.0 Å². The van der Waals surface area contributed by atoms with Crippen LogP contribution in [-0.2, 0) is 11.8 Å². The third-order valence-electron chi connectivity index (χ3n) is 3.67. The number of amides is 2. The van der Waals surface area contributed by atoms with E-state index in [0.29, 0.717) is 25.1 Å². The average Bonchev–Trinajstić information content (AvgIpc) is 2.79. The second-order valence-electron chi connectivity index (χ2n) is 6.96. The molecule has 0 aliphatic carbocycles. The molecule has 7 nitrogen and oxygen atoms in total. The van der Waals surface area contributed by atoms with Crippen LogP contribution in [0, 0.1) is 6.92 Å². The Kier molecular flexibility index (Phi) is 5.66. The van der Waals surface area contributed by atoms with Gasteiger partial charge < -0.3 is 19.9 Å². The molecule has 0 saturated heterocycles. The van der Waals surface area contributed by atoms with Gasteiger partial charge in [0.15, 0.2) is 0 Å². The molecule has 0 atom stereocenters. The lowest BCUT2D eigenvalue weighted by Gasteiger charge is -2.19. The number of nitrogens with zero attached hydrogens (tertiary/aromatic N) is 2. The summed E-state index contributed by atoms with van der Waals surface area (Å²) in [5.41, 5.74) is 1.86. The van der Waals surface area contributed by atoms with Gasteiger partial charge >= 0.3 is 6.09 Å². The van der Waals surface area contributed by atoms with Crippen LogP contribution >= 0.6 is 0 Å². The number of hydrogen-bond acceptors (Lipinski definition) is 4. The molecule has 0 fully saturated rings. The highest BCUT2D eigenvalue weighted by Gasteiger charge is 2.15. The SMILES string of the molecule is Cc1nc2cc(C(=O)NCCCNC(=O)OC(C)(C)C)ccc2n1C. The van der Waals surface area contributed by atoms with Gasteiger partial charge in [0.05, 0.1) is 11.0 Å². The van der Waals surface area contributed by atoms with E-state index < -0.39 is 11.7 Å². The molecule has 25 heavy (non-hydrogen) atoms. The Morgan fingerprint density at radius 2 is 1.88 bits per heavy atom. The van der Waals surface area contributed by atoms with Crippen molar-refractivity contribution in [2.45, 2.75) is 39.7 Å². The molecular formula is C18H26N4O3. The van der Waals surface area contributed by atoms with E-state index in [9.17, 15) is 9.59 Å². The first kappa shape index (κ1) is 18.8. The summed E-state index contributed by atoms with van der Waals surface area (Å²) in [7, 11) is 1.95. The number of nitrogens with one attached hydrogen (secondary N) is 2. The zero-order chi connectivity index (χ0) is 18.6. The molecule has 0 bridgehead atoms. The highest BCUT2D eigenvalue weighted by atomic mass is 16.6. The van der Waals surface area contributed by atoms with Crippen LogP contribution < -0.4 is 10.6 Å². The first-order valence-corrected chi connectivity index (χ1v) is 8.35. The van der Waals surface area contributed by atoms with E-state index in [1.807, 2.05) is 45.4 Å². The summed E-state index contributed by atoms with van der Waals surface area (Å²) in [6, 6.07) is 5.47. The van der Waals surface area contributed by atoms with Crippen molar-refractivity contribution in [1.82, 2.24) is 20.2 Å². The first-order chi connectivity index (χ1) is 11.7. The molecule has 0 aliphatic rings. The number of aryl methyl sites for hydroxylation is 2. The van der Waals surface area contributed by atoms with Crippen LogP contribution in [0.3, 0.4) is 0 Å². The number of fused-ring (bicyclic) bond motifs is 1. The van der Waals surface area contributed by atoms with Crippen molar-refractivity contribution in [2.75, 3.05) is 13.1 Å². The van der Waals surface area contributed by atoms with Gasteiger partial charge in [-0.25, -0.2) is 9.78 Å². The third-order valence-corrected chi connectivity index (χ3v) is 3.67. The molecule has 2 aromatic rings. The van der Waals surface area contributed by atoms with Gasteiger partial charge in [0.25, 0.3) is 5.91 Å². The number of ether oxygens (including phenoxy) is 1. The Labute approximate surface area is 147 Å². The van der Waals surface area contributed by atoms with E-state index >= 15 is 0 Å². The maximum atomic E-state index is 12.2. The highest BCUT2D eigenvalue weighted by Crippen LogP contribution is 2.16. The maximum Gasteiger partial charge on any atom is 0.407 e. The summed E-state index contributed by atoms with van der Waals surface area (Å²) in [5.74, 6) is 0.753. The van der Waals surface area contributed by atoms with Crippen molar-refractivity contribution in [1.29, 1.82) is 0 Å². The maximum absolute atomic E-state index is 12.2. The lowest BCUT2D eigenvalue weighted by molar-refractivity contribution is 0.0527. The molecule has 0 radical (unpaired) electrons. The Morgan fingerprint density at radius 3 is 2.56 bits per heavy atom. The van der Waals surface area contributed by atoms with Gasteiger partial charge in [-0.05, 0) is 52.3 Å². The Hall–Kier alpha value is -2.57. The predicted octanol–water partition coefficient (Wildman–Crippen LogP) is 2.53. The quantitative estimate of drug-likeness (QED) is 0.815. The molecule has 7 heteroatoms. The lowest BCUT2D eigenvalue weighted by atomic mass is 10.2. The van der Waals surface area contributed by atoms with Crippen molar-refractivity contribution in [3.8, 4) is 0 Å². The van der Waals surface area contributed by atoms with Crippen LogP contribution in [0.5, 0.6) is 0 Å². The fourth-order valence-electron chi connectivity index (χ4n) is 2.36. The van der Waals surface area contributed by atoms with Gasteiger partial charge in [0.2, 0.25) is 0 Å². The van der Waals surface area contributed by atoms with E-state index in [0.717, 1.165) is 16.9 Å². The van der Waals surface area contributed by atoms with Gasteiger partial charge in [-0.3, -0.25) is 4.79 Å². The van der Waals surface area contributed by atoms with Crippen molar-refractivity contribution < 1.29 is 14.3 Å². The minimum absolute atomic E-state index is 0.150. The monoisotopic (exact) mass is 346 g/mol. The summed E-state index contributed by atoms with van der Waals surface area (Å²) in [6.07, 6.45) is 0.172. The molecule has 0 spiro atoms. The minimum atomic E-state index is -0.513. The zero-order valence-electron chi connectivity index (χ0n) is 15.5. The Morgan fingerprint density at radius 1 is 1.20 bits per heavy atom. The summed E-state index contributed by atoms with van der Waals surface area (Å²) in [5, 5.41) is 5.50. The average molecular weight is 346 g/mol. The van der Waals surface area contributed by atoms with Crippen LogP contribution in [0.4, 0.5) is 4.79 Å². The number of benzene rings is 1. The molecule has 1 aromatic carbocycles. The number of hydrogen-bond donors (Lipinski definition) is 2. The van der Waals surface area contributed by atoms with Crippen LogP contribution in [0.1, 0.15) is 43.4 Å². The second-order valence-corrected chi connectivity index (χ2v) is 6.96. The van der Waals surface area contributed by atoms with E-state index in [1.54, 1.807) is 12.1 Å². The first-order valence-electron chi connectivity index (χ1n) is 8.35. The Bertz CT molecular complexity index is 774. The molecular weight excluding hydrogens is 320 g/mol. The summed E-state index contributed by atoms with van der Waals surface area (Å²) in [4.78, 5) is 28.1. The topological polar surface area (TPSA) is 85.2 Å². The molecule has 2 amide bonds. The van der Waals surface area contributed by atoms with E-state index in [1.165, 1.54) is 0 Å². The fraction of sp³-hybridized carbons (Fsp3) is 0.500. The summed E-state index contributed by atoms with van der Waals surface area (Å²) >= 11 is 0. The Balaban J connectivity index is 1.78. The zero-order valence-corrected chi connectivity index (χ0v) is 15.5. The van der Waals surface area contributed by atoms with Gasteiger partial charge in [-0.1, -0.05) is 0 Å². The van der Waals surface area contributed by atoms with Crippen LogP contribution in [0.25, 0.3) is 11.0 Å². The van der Waals surface area contributed by atoms with Gasteiger partial charge in [0.1, 0.15) is 11.4 Å². The molecule has 0 unspecified atom stereocenters. The van der Waals surface area contributed by atoms with E-state index in [4.69, 9.17) is 4.74 Å². The molecule has 136 valence electrons. The lowest BCUT2D eigenvalue weighted by Crippen LogP contribution is -2.34. The number of aromatic nitrogens is 2. The standard InChI is InChI=1S/C18H26N4O3/c1-12-21-14-11-13(7-8-15(14)22(12)5)16(23)19-9-6-10-20-17(24)25-18(2,3)4/h7-8,11H,6,9-10H2,1-5H3,(H,19,23)(H,20,24). The summed E-state index contributed by atoms with van der Waals surface area (Å²) in [6.45, 7) is 8.27. The predicted molar refractivity (Wildman–Crippen MR) is 96.6 cm³/mol. The van der Waals surface area contributed by atoms with Crippen LogP contribution in [-0.4, -0.2) is 40.2 Å². The minimum Gasteiger partial charge on any atom is -0.444 e. The molecule has 1 heterocycles. The number of carbonyl (C=O) groups excluding carboxylic acids is 2. The fourth-order valence-corrected chi connectivity index (χ4v) is 2.36.